The van der Waals surface area contributed by atoms with Gasteiger partial charge in [-0.3, -0.25) is 4.79 Å². The Kier molecular flexibility index (Phi) is 2.81. The maximum atomic E-state index is 13.0. The van der Waals surface area contributed by atoms with Crippen LogP contribution in [-0.2, 0) is 4.79 Å². The maximum Gasteiger partial charge on any atom is 0.231 e. The molecule has 1 aromatic carbocycles. The van der Waals surface area contributed by atoms with Gasteiger partial charge in [-0.25, -0.2) is 4.68 Å². The Morgan fingerprint density at radius 1 is 1.24 bits per heavy atom. The summed E-state index contributed by atoms with van der Waals surface area (Å²) in [5, 5.41) is 7.66. The zero-order chi connectivity index (χ0) is 17.2. The average Bonchev–Trinajstić information content (AvgIpc) is 3.19. The zero-order valence-electron chi connectivity index (χ0n) is 14.1. The van der Waals surface area contributed by atoms with Gasteiger partial charge in [-0.2, -0.15) is 10.1 Å². The topological polar surface area (TPSA) is 78.3 Å². The molecule has 1 aliphatic carbocycles. The molecule has 1 N–H and O–H groups in total. The van der Waals surface area contributed by atoms with E-state index >= 15 is 0 Å². The van der Waals surface area contributed by atoms with Gasteiger partial charge < -0.3 is 14.8 Å². The molecule has 7 heteroatoms. The molecule has 0 saturated carbocycles. The molecule has 1 atom stereocenters. The van der Waals surface area contributed by atoms with Crippen LogP contribution in [0, 0.1) is 5.41 Å². The monoisotopic (exact) mass is 338 g/mol. The van der Waals surface area contributed by atoms with Crippen molar-refractivity contribution < 1.29 is 14.3 Å². The van der Waals surface area contributed by atoms with E-state index in [1.54, 1.807) is 4.68 Å². The summed E-state index contributed by atoms with van der Waals surface area (Å²) in [4.78, 5) is 17.3. The summed E-state index contributed by atoms with van der Waals surface area (Å²) in [6.45, 7) is 4.46. The lowest BCUT2D eigenvalue weighted by molar-refractivity contribution is -0.118. The van der Waals surface area contributed by atoms with E-state index in [1.165, 1.54) is 6.33 Å². The number of allylic oxidation sites excluding steroid dienone is 2. The lowest BCUT2D eigenvalue weighted by Crippen LogP contribution is -2.36. The molecule has 128 valence electrons. The molecule has 1 aromatic heterocycles. The van der Waals surface area contributed by atoms with Crippen molar-refractivity contribution in [1.82, 2.24) is 14.8 Å². The quantitative estimate of drug-likeness (QED) is 0.861. The van der Waals surface area contributed by atoms with Crippen molar-refractivity contribution in [3.8, 4) is 11.5 Å². The molecule has 7 nitrogen and oxygen atoms in total. The van der Waals surface area contributed by atoms with Crippen molar-refractivity contribution in [2.24, 2.45) is 5.41 Å². The second-order valence-electron chi connectivity index (χ2n) is 7.50. The van der Waals surface area contributed by atoms with Gasteiger partial charge in [0, 0.05) is 17.7 Å². The first kappa shape index (κ1) is 14.5. The van der Waals surface area contributed by atoms with E-state index < -0.39 is 0 Å². The Hall–Kier alpha value is -2.83. The van der Waals surface area contributed by atoms with Crippen LogP contribution in [0.2, 0.25) is 0 Å². The molecule has 3 heterocycles. The van der Waals surface area contributed by atoms with Crippen molar-refractivity contribution in [2.75, 3.05) is 12.1 Å². The molecular weight excluding hydrogens is 320 g/mol. The van der Waals surface area contributed by atoms with Crippen molar-refractivity contribution in [3.63, 3.8) is 0 Å². The zero-order valence-corrected chi connectivity index (χ0v) is 14.1. The molecule has 0 spiro atoms. The van der Waals surface area contributed by atoms with E-state index in [0.717, 1.165) is 29.0 Å². The minimum absolute atomic E-state index is 0.0649. The summed E-state index contributed by atoms with van der Waals surface area (Å²) in [5.74, 6) is 2.24. The summed E-state index contributed by atoms with van der Waals surface area (Å²) < 4.78 is 12.7. The van der Waals surface area contributed by atoms with Crippen molar-refractivity contribution in [3.05, 3.63) is 41.4 Å². The predicted molar refractivity (Wildman–Crippen MR) is 89.4 cm³/mol. The van der Waals surface area contributed by atoms with E-state index in [2.05, 4.69) is 29.2 Å². The lowest BCUT2D eigenvalue weighted by atomic mass is 9.73. The lowest BCUT2D eigenvalue weighted by Gasteiger charge is -2.38. The SMILES string of the molecule is CC1(C)CC(=O)C2=C(C1)Nc1ncnn1[C@@H]2c1ccc2c(c1)OCO2. The van der Waals surface area contributed by atoms with Gasteiger partial charge in [0.2, 0.25) is 12.7 Å². The number of benzene rings is 1. The van der Waals surface area contributed by atoms with Crippen LogP contribution in [0.5, 0.6) is 11.5 Å². The van der Waals surface area contributed by atoms with Crippen LogP contribution in [0.4, 0.5) is 5.95 Å². The Morgan fingerprint density at radius 2 is 2.08 bits per heavy atom. The fourth-order valence-electron chi connectivity index (χ4n) is 3.94. The van der Waals surface area contributed by atoms with Crippen LogP contribution in [0.15, 0.2) is 35.8 Å². The third-order valence-electron chi connectivity index (χ3n) is 4.99. The van der Waals surface area contributed by atoms with E-state index in [4.69, 9.17) is 9.47 Å². The Balaban J connectivity index is 1.68. The predicted octanol–water partition coefficient (Wildman–Crippen LogP) is 2.66. The summed E-state index contributed by atoms with van der Waals surface area (Å²) in [6.07, 6.45) is 2.84. The van der Waals surface area contributed by atoms with Crippen molar-refractivity contribution >= 4 is 11.7 Å². The van der Waals surface area contributed by atoms with Crippen LogP contribution >= 0.6 is 0 Å². The number of rotatable bonds is 1. The molecule has 2 aromatic rings. The van der Waals surface area contributed by atoms with Crippen molar-refractivity contribution in [2.45, 2.75) is 32.7 Å². The third kappa shape index (κ3) is 2.15. The summed E-state index contributed by atoms with van der Waals surface area (Å²) in [5.41, 5.74) is 2.60. The van der Waals surface area contributed by atoms with E-state index in [1.807, 2.05) is 18.2 Å². The van der Waals surface area contributed by atoms with Gasteiger partial charge in [-0.05, 0) is 29.5 Å². The number of nitrogens with one attached hydrogen (secondary N) is 1. The Labute approximate surface area is 144 Å². The van der Waals surface area contributed by atoms with E-state index in [9.17, 15) is 4.79 Å². The normalized spacial score (nSPS) is 23.1. The molecule has 0 saturated heterocycles. The Morgan fingerprint density at radius 3 is 2.96 bits per heavy atom. The van der Waals surface area contributed by atoms with Crippen LogP contribution in [0.1, 0.15) is 38.3 Å². The number of hydrogen-bond acceptors (Lipinski definition) is 6. The van der Waals surface area contributed by atoms with Gasteiger partial charge in [-0.15, -0.1) is 0 Å². The minimum Gasteiger partial charge on any atom is -0.454 e. The van der Waals surface area contributed by atoms with Gasteiger partial charge in [0.1, 0.15) is 12.4 Å². The molecule has 5 rings (SSSR count). The third-order valence-corrected chi connectivity index (χ3v) is 4.99. The minimum atomic E-state index is -0.299. The first-order valence-electron chi connectivity index (χ1n) is 8.34. The van der Waals surface area contributed by atoms with E-state index in [0.29, 0.717) is 18.1 Å². The number of ether oxygens (including phenoxy) is 2. The largest absolute Gasteiger partial charge is 0.454 e. The fraction of sp³-hybridized carbons (Fsp3) is 0.389. The highest BCUT2D eigenvalue weighted by Gasteiger charge is 2.41. The van der Waals surface area contributed by atoms with Gasteiger partial charge in [0.15, 0.2) is 17.3 Å². The van der Waals surface area contributed by atoms with Crippen LogP contribution in [-0.4, -0.2) is 27.3 Å². The highest BCUT2D eigenvalue weighted by Crippen LogP contribution is 2.46. The van der Waals surface area contributed by atoms with Crippen LogP contribution in [0.25, 0.3) is 0 Å². The van der Waals surface area contributed by atoms with E-state index in [-0.39, 0.29) is 24.0 Å². The first-order valence-corrected chi connectivity index (χ1v) is 8.34. The average molecular weight is 338 g/mol. The van der Waals surface area contributed by atoms with Gasteiger partial charge in [0.25, 0.3) is 0 Å². The second kappa shape index (κ2) is 4.84. The van der Waals surface area contributed by atoms with Gasteiger partial charge in [0.05, 0.1) is 0 Å². The number of fused-ring (bicyclic) bond motifs is 2. The molecule has 0 unspecified atom stereocenters. The number of ketones is 1. The number of hydrogen-bond donors (Lipinski definition) is 1. The number of carbonyl (C=O) groups is 1. The molecule has 0 amide bonds. The summed E-state index contributed by atoms with van der Waals surface area (Å²) in [6, 6.07) is 5.48. The maximum absolute atomic E-state index is 13.0. The molecule has 25 heavy (non-hydrogen) atoms. The molecular formula is C18H18N4O3. The number of carbonyl (C=O) groups excluding carboxylic acids is 1. The molecule has 3 aliphatic rings. The molecule has 0 bridgehead atoms. The first-order chi connectivity index (χ1) is 12.0. The number of anilines is 1. The molecule has 0 radical (unpaired) electrons. The highest BCUT2D eigenvalue weighted by atomic mass is 16.7. The number of nitrogens with zero attached hydrogens (tertiary/aromatic N) is 3. The fourth-order valence-corrected chi connectivity index (χ4v) is 3.94. The summed E-state index contributed by atoms with van der Waals surface area (Å²) >= 11 is 0. The Bertz CT molecular complexity index is 928. The molecule has 0 fully saturated rings. The number of Topliss-reactive ketones (excluding diaryl/α,β-unsaturated/α-hetero) is 1. The molecule has 2 aliphatic heterocycles. The van der Waals surface area contributed by atoms with Crippen molar-refractivity contribution in [1.29, 1.82) is 0 Å². The standard InChI is InChI=1S/C18H18N4O3/c1-18(2)6-11-15(12(23)7-18)16(22-17(21-11)19-8-20-22)10-3-4-13-14(5-10)25-9-24-13/h3-5,8,16H,6-7,9H2,1-2H3,(H,19,20,21)/t16-/m1/s1. The highest BCUT2D eigenvalue weighted by molar-refractivity contribution is 6.00. The smallest absolute Gasteiger partial charge is 0.231 e. The second-order valence-corrected chi connectivity index (χ2v) is 7.50. The van der Waals surface area contributed by atoms with Gasteiger partial charge >= 0.3 is 0 Å². The van der Waals surface area contributed by atoms with Crippen LogP contribution < -0.4 is 14.8 Å². The van der Waals surface area contributed by atoms with Gasteiger partial charge in [-0.1, -0.05) is 19.9 Å². The summed E-state index contributed by atoms with van der Waals surface area (Å²) in [7, 11) is 0. The van der Waals surface area contributed by atoms with Crippen LogP contribution in [0.3, 0.4) is 0 Å². The number of aromatic nitrogens is 3.